The number of carbonyl (C=O) groups excluding carboxylic acids is 1. The predicted molar refractivity (Wildman–Crippen MR) is 133 cm³/mol. The van der Waals surface area contributed by atoms with Gasteiger partial charge in [-0.25, -0.2) is 0 Å². The van der Waals surface area contributed by atoms with Crippen LogP contribution in [0.15, 0.2) is 53.5 Å². The molecular weight excluding hydrogens is 477 g/mol. The fourth-order valence-electron chi connectivity index (χ4n) is 2.79. The molecule has 0 bridgehead atoms. The van der Waals surface area contributed by atoms with Crippen molar-refractivity contribution >= 4 is 41.5 Å². The van der Waals surface area contributed by atoms with E-state index in [4.69, 9.17) is 0 Å². The van der Waals surface area contributed by atoms with E-state index in [1.54, 1.807) is 26.0 Å². The van der Waals surface area contributed by atoms with Crippen LogP contribution in [0.5, 0.6) is 0 Å². The molecule has 0 saturated heterocycles. The first-order chi connectivity index (χ1) is 13.4. The van der Waals surface area contributed by atoms with Crippen LogP contribution in [-0.2, 0) is 13.0 Å². The van der Waals surface area contributed by atoms with Crippen LogP contribution in [0.1, 0.15) is 21.5 Å². The van der Waals surface area contributed by atoms with Gasteiger partial charge >= 0.3 is 0 Å². The van der Waals surface area contributed by atoms with Crippen LogP contribution in [0.25, 0.3) is 0 Å². The summed E-state index contributed by atoms with van der Waals surface area (Å²) >= 11 is 0. The molecule has 2 N–H and O–H groups in total. The summed E-state index contributed by atoms with van der Waals surface area (Å²) in [7, 11) is 9.37. The van der Waals surface area contributed by atoms with Crippen LogP contribution in [0.3, 0.4) is 0 Å². The average Bonchev–Trinajstić information content (AvgIpc) is 2.70. The predicted octanol–water partition coefficient (Wildman–Crippen LogP) is 2.98. The first kappa shape index (κ1) is 24.7. The Bertz CT molecular complexity index is 820. The summed E-state index contributed by atoms with van der Waals surface area (Å²) in [4.78, 5) is 20.1. The zero-order chi connectivity index (χ0) is 20.5. The van der Waals surface area contributed by atoms with E-state index in [0.717, 1.165) is 24.5 Å². The second-order valence-corrected chi connectivity index (χ2v) is 7.07. The molecule has 2 aromatic carbocycles. The van der Waals surface area contributed by atoms with E-state index >= 15 is 0 Å². The van der Waals surface area contributed by atoms with Gasteiger partial charge in [0.1, 0.15) is 0 Å². The van der Waals surface area contributed by atoms with Crippen molar-refractivity contribution in [1.82, 2.24) is 15.5 Å². The molecule has 0 aliphatic carbocycles. The summed E-state index contributed by atoms with van der Waals surface area (Å²) in [6, 6.07) is 16.2. The van der Waals surface area contributed by atoms with Crippen LogP contribution in [0, 0.1) is 0 Å². The minimum Gasteiger partial charge on any atom is -0.378 e. The third kappa shape index (κ3) is 7.92. The highest BCUT2D eigenvalue weighted by Gasteiger charge is 2.08. The Balaban J connectivity index is 0.00000420. The van der Waals surface area contributed by atoms with Gasteiger partial charge in [-0.2, -0.15) is 0 Å². The fourth-order valence-corrected chi connectivity index (χ4v) is 2.79. The fraction of sp³-hybridized carbons (Fsp3) is 0.364. The summed E-state index contributed by atoms with van der Waals surface area (Å²) in [5, 5.41) is 6.67. The number of carbonyl (C=O) groups is 1. The van der Waals surface area contributed by atoms with Crippen molar-refractivity contribution in [3.05, 3.63) is 65.2 Å². The van der Waals surface area contributed by atoms with Gasteiger partial charge in [-0.3, -0.25) is 9.79 Å². The van der Waals surface area contributed by atoms with E-state index in [2.05, 4.69) is 44.8 Å². The lowest BCUT2D eigenvalue weighted by Gasteiger charge is -2.15. The van der Waals surface area contributed by atoms with Crippen molar-refractivity contribution in [2.75, 3.05) is 46.7 Å². The lowest BCUT2D eigenvalue weighted by Crippen LogP contribution is -2.37. The van der Waals surface area contributed by atoms with E-state index in [1.165, 1.54) is 11.3 Å². The van der Waals surface area contributed by atoms with Gasteiger partial charge in [0.2, 0.25) is 0 Å². The molecule has 2 aromatic rings. The molecule has 0 fully saturated rings. The smallest absolute Gasteiger partial charge is 0.253 e. The van der Waals surface area contributed by atoms with Crippen molar-refractivity contribution in [1.29, 1.82) is 0 Å². The van der Waals surface area contributed by atoms with Crippen molar-refractivity contribution in [2.24, 2.45) is 4.99 Å². The largest absolute Gasteiger partial charge is 0.378 e. The maximum Gasteiger partial charge on any atom is 0.253 e. The first-order valence-corrected chi connectivity index (χ1v) is 9.42. The molecule has 0 aliphatic heterocycles. The second-order valence-electron chi connectivity index (χ2n) is 7.07. The van der Waals surface area contributed by atoms with Gasteiger partial charge in [-0.15, -0.1) is 24.0 Å². The highest BCUT2D eigenvalue weighted by molar-refractivity contribution is 14.0. The van der Waals surface area contributed by atoms with Gasteiger partial charge < -0.3 is 20.4 Å². The normalized spacial score (nSPS) is 10.7. The minimum atomic E-state index is 0. The number of halogens is 1. The maximum absolute atomic E-state index is 12.1. The molecule has 0 atom stereocenters. The molecule has 0 heterocycles. The molecule has 0 saturated carbocycles. The van der Waals surface area contributed by atoms with Gasteiger partial charge in [0, 0.05) is 59.6 Å². The Morgan fingerprint density at radius 1 is 0.966 bits per heavy atom. The molecule has 158 valence electrons. The number of benzene rings is 2. The van der Waals surface area contributed by atoms with Gasteiger partial charge in [0.25, 0.3) is 5.91 Å². The van der Waals surface area contributed by atoms with Gasteiger partial charge in [-0.05, 0) is 41.8 Å². The molecular formula is C22H32IN5O. The monoisotopic (exact) mass is 509 g/mol. The number of hydrogen-bond acceptors (Lipinski definition) is 3. The van der Waals surface area contributed by atoms with Crippen molar-refractivity contribution in [3.8, 4) is 0 Å². The first-order valence-electron chi connectivity index (χ1n) is 9.42. The van der Waals surface area contributed by atoms with Crippen LogP contribution in [-0.4, -0.2) is 58.5 Å². The van der Waals surface area contributed by atoms with E-state index in [-0.39, 0.29) is 29.9 Å². The summed E-state index contributed by atoms with van der Waals surface area (Å²) in [5.41, 5.74) is 4.21. The lowest BCUT2D eigenvalue weighted by molar-refractivity contribution is 0.0827. The van der Waals surface area contributed by atoms with Crippen LogP contribution >= 0.6 is 24.0 Å². The molecule has 29 heavy (non-hydrogen) atoms. The van der Waals surface area contributed by atoms with E-state index in [9.17, 15) is 4.79 Å². The van der Waals surface area contributed by atoms with E-state index in [0.29, 0.717) is 12.1 Å². The Hall–Kier alpha value is -2.29. The number of anilines is 1. The van der Waals surface area contributed by atoms with Gasteiger partial charge in [-0.1, -0.05) is 24.3 Å². The van der Waals surface area contributed by atoms with Gasteiger partial charge in [0.05, 0.1) is 0 Å². The Morgan fingerprint density at radius 3 is 2.31 bits per heavy atom. The van der Waals surface area contributed by atoms with Crippen molar-refractivity contribution < 1.29 is 4.79 Å². The number of guanidine groups is 1. The summed E-state index contributed by atoms with van der Waals surface area (Å²) in [5.74, 6) is 0.781. The average molecular weight is 509 g/mol. The number of nitrogens with zero attached hydrogens (tertiary/aromatic N) is 3. The standard InChI is InChI=1S/C22H31N5O.HI/c1-23-22(25-16-18-9-7-11-20(15-18)26(2)3)24-13-12-17-8-6-10-19(14-17)21(28)27(4)5;/h6-11,14-15H,12-13,16H2,1-5H3,(H2,23,24,25);1H. The van der Waals surface area contributed by atoms with Crippen LogP contribution in [0.2, 0.25) is 0 Å². The topological polar surface area (TPSA) is 60.0 Å². The molecule has 0 aliphatic rings. The molecule has 0 spiro atoms. The zero-order valence-corrected chi connectivity index (χ0v) is 20.2. The number of rotatable bonds is 7. The summed E-state index contributed by atoms with van der Waals surface area (Å²) in [6.45, 7) is 1.44. The highest BCUT2D eigenvalue weighted by Crippen LogP contribution is 2.13. The minimum absolute atomic E-state index is 0. The number of amides is 1. The summed E-state index contributed by atoms with van der Waals surface area (Å²) in [6.07, 6.45) is 0.811. The number of nitrogens with one attached hydrogen (secondary N) is 2. The van der Waals surface area contributed by atoms with Crippen molar-refractivity contribution in [3.63, 3.8) is 0 Å². The molecule has 0 radical (unpaired) electrons. The second kappa shape index (κ2) is 12.3. The highest BCUT2D eigenvalue weighted by atomic mass is 127. The number of aliphatic imine (C=N–C) groups is 1. The molecule has 7 heteroatoms. The maximum atomic E-state index is 12.1. The Kier molecular flexibility index (Phi) is 10.5. The van der Waals surface area contributed by atoms with E-state index < -0.39 is 0 Å². The molecule has 0 aromatic heterocycles. The molecule has 0 unspecified atom stereocenters. The third-order valence-electron chi connectivity index (χ3n) is 4.40. The quantitative estimate of drug-likeness (QED) is 0.343. The van der Waals surface area contributed by atoms with E-state index in [1.807, 2.05) is 38.4 Å². The Morgan fingerprint density at radius 2 is 1.66 bits per heavy atom. The zero-order valence-electron chi connectivity index (χ0n) is 17.9. The van der Waals surface area contributed by atoms with Crippen molar-refractivity contribution in [2.45, 2.75) is 13.0 Å². The number of hydrogen-bond donors (Lipinski definition) is 2. The van der Waals surface area contributed by atoms with Crippen LogP contribution in [0.4, 0.5) is 5.69 Å². The molecule has 2 rings (SSSR count). The summed E-state index contributed by atoms with van der Waals surface area (Å²) < 4.78 is 0. The molecule has 6 nitrogen and oxygen atoms in total. The SMILES string of the molecule is CN=C(NCCc1cccc(C(=O)N(C)C)c1)NCc1cccc(N(C)C)c1.I. The van der Waals surface area contributed by atoms with Gasteiger partial charge in [0.15, 0.2) is 5.96 Å². The third-order valence-corrected chi connectivity index (χ3v) is 4.40. The van der Waals surface area contributed by atoms with Crippen LogP contribution < -0.4 is 15.5 Å². The lowest BCUT2D eigenvalue weighted by atomic mass is 10.1. The molecule has 1 amide bonds. The Labute approximate surface area is 191 Å².